The van der Waals surface area contributed by atoms with Gasteiger partial charge in [0.1, 0.15) is 0 Å². The van der Waals surface area contributed by atoms with Crippen LogP contribution in [0.2, 0.25) is 0 Å². The molecule has 140 valence electrons. The lowest BCUT2D eigenvalue weighted by Gasteiger charge is -2.17. The Bertz CT molecular complexity index is 1040. The SMILES string of the molecule is C1=C(C2Cc3ccccc3C2=C2SCCS2)c2ccccc2C1=C1SCCS1. The van der Waals surface area contributed by atoms with E-state index in [9.17, 15) is 0 Å². The van der Waals surface area contributed by atoms with E-state index in [-0.39, 0.29) is 0 Å². The highest BCUT2D eigenvalue weighted by Gasteiger charge is 2.36. The van der Waals surface area contributed by atoms with Gasteiger partial charge in [-0.25, -0.2) is 0 Å². The highest BCUT2D eigenvalue weighted by atomic mass is 32.2. The van der Waals surface area contributed by atoms with Crippen LogP contribution in [-0.2, 0) is 6.42 Å². The Morgan fingerprint density at radius 1 is 0.643 bits per heavy atom. The maximum absolute atomic E-state index is 2.53. The van der Waals surface area contributed by atoms with Gasteiger partial charge >= 0.3 is 0 Å². The lowest BCUT2D eigenvalue weighted by atomic mass is 9.89. The monoisotopic (exact) mass is 436 g/mol. The minimum atomic E-state index is 0.487. The van der Waals surface area contributed by atoms with Crippen LogP contribution in [0.25, 0.3) is 16.7 Å². The number of hydrogen-bond acceptors (Lipinski definition) is 4. The Morgan fingerprint density at radius 2 is 1.25 bits per heavy atom. The molecule has 2 aromatic rings. The van der Waals surface area contributed by atoms with Crippen molar-refractivity contribution in [2.45, 2.75) is 6.42 Å². The average Bonchev–Trinajstić information content (AvgIpc) is 3.52. The molecule has 2 fully saturated rings. The van der Waals surface area contributed by atoms with Crippen molar-refractivity contribution in [3.05, 3.63) is 85.3 Å². The van der Waals surface area contributed by atoms with E-state index in [1.165, 1.54) is 60.6 Å². The molecule has 2 heterocycles. The van der Waals surface area contributed by atoms with E-state index in [1.807, 2.05) is 23.5 Å². The van der Waals surface area contributed by atoms with E-state index in [2.05, 4.69) is 78.1 Å². The van der Waals surface area contributed by atoms with Crippen molar-refractivity contribution < 1.29 is 0 Å². The van der Waals surface area contributed by atoms with Gasteiger partial charge in [-0.05, 0) is 45.9 Å². The van der Waals surface area contributed by atoms with E-state index in [0.29, 0.717) is 5.92 Å². The van der Waals surface area contributed by atoms with Crippen molar-refractivity contribution >= 4 is 63.8 Å². The fourth-order valence-electron chi connectivity index (χ4n) is 4.66. The molecule has 0 N–H and O–H groups in total. The van der Waals surface area contributed by atoms with E-state index >= 15 is 0 Å². The molecule has 2 aromatic carbocycles. The van der Waals surface area contributed by atoms with Crippen LogP contribution in [-0.4, -0.2) is 23.0 Å². The Morgan fingerprint density at radius 3 is 2.00 bits per heavy atom. The van der Waals surface area contributed by atoms with Gasteiger partial charge < -0.3 is 0 Å². The van der Waals surface area contributed by atoms with E-state index in [4.69, 9.17) is 0 Å². The third-order valence-corrected chi connectivity index (χ3v) is 11.3. The first-order chi connectivity index (χ1) is 13.9. The molecule has 2 aliphatic heterocycles. The second kappa shape index (κ2) is 7.39. The second-order valence-corrected chi connectivity index (χ2v) is 12.3. The van der Waals surface area contributed by atoms with Crippen LogP contribution in [0.5, 0.6) is 0 Å². The lowest BCUT2D eigenvalue weighted by Crippen LogP contribution is -2.02. The van der Waals surface area contributed by atoms with Crippen molar-refractivity contribution in [1.29, 1.82) is 0 Å². The summed E-state index contributed by atoms with van der Waals surface area (Å²) in [5.41, 5.74) is 10.5. The summed E-state index contributed by atoms with van der Waals surface area (Å²) in [6.07, 6.45) is 3.67. The highest BCUT2D eigenvalue weighted by Crippen LogP contribution is 2.56. The fourth-order valence-corrected chi connectivity index (χ4v) is 9.86. The van der Waals surface area contributed by atoms with Crippen LogP contribution < -0.4 is 0 Å². The smallest absolute Gasteiger partial charge is 0.0480 e. The van der Waals surface area contributed by atoms with Crippen molar-refractivity contribution in [3.63, 3.8) is 0 Å². The molecule has 0 saturated carbocycles. The van der Waals surface area contributed by atoms with Gasteiger partial charge in [-0.15, -0.1) is 47.0 Å². The van der Waals surface area contributed by atoms with Crippen LogP contribution in [0.4, 0.5) is 0 Å². The molecule has 2 saturated heterocycles. The Kier molecular flexibility index (Phi) is 4.72. The molecular formula is C24H20S4. The summed E-state index contributed by atoms with van der Waals surface area (Å²) in [5.74, 6) is 5.47. The zero-order valence-electron chi connectivity index (χ0n) is 15.4. The first kappa shape index (κ1) is 17.9. The van der Waals surface area contributed by atoms with Crippen LogP contribution in [0.15, 0.2) is 63.1 Å². The van der Waals surface area contributed by atoms with Crippen molar-refractivity contribution in [3.8, 4) is 0 Å². The molecule has 1 atom stereocenters. The van der Waals surface area contributed by atoms with E-state index < -0.39 is 0 Å². The van der Waals surface area contributed by atoms with Gasteiger partial charge in [0.2, 0.25) is 0 Å². The lowest BCUT2D eigenvalue weighted by molar-refractivity contribution is 0.893. The number of rotatable bonds is 1. The largest absolute Gasteiger partial charge is 0.118 e. The average molecular weight is 437 g/mol. The Balaban J connectivity index is 1.53. The molecule has 0 aromatic heterocycles. The molecule has 2 aliphatic carbocycles. The maximum Gasteiger partial charge on any atom is 0.0480 e. The normalized spacial score (nSPS) is 23.4. The number of allylic oxidation sites excluding steroid dienone is 4. The van der Waals surface area contributed by atoms with Crippen LogP contribution in [0.3, 0.4) is 0 Å². The van der Waals surface area contributed by atoms with Crippen LogP contribution >= 0.6 is 47.0 Å². The van der Waals surface area contributed by atoms with Gasteiger partial charge in [-0.3, -0.25) is 0 Å². The Hall–Kier alpha value is -0.940. The number of hydrogen-bond donors (Lipinski definition) is 0. The van der Waals surface area contributed by atoms with Gasteiger partial charge in [-0.2, -0.15) is 0 Å². The third-order valence-electron chi connectivity index (χ3n) is 5.82. The standard InChI is InChI=1S/C24H20S4/c1-2-6-16-15(5-1)13-20(22(16)24-27-11-12-28-24)19-14-21(23-25-9-10-26-23)18-8-4-3-7-17(18)19/h1-8,14,20H,9-13H2. The molecule has 0 nitrogen and oxygen atoms in total. The number of fused-ring (bicyclic) bond motifs is 2. The molecule has 4 heteroatoms. The molecule has 1 unspecified atom stereocenters. The fraction of sp³-hybridized carbons (Fsp3) is 0.250. The first-order valence-corrected chi connectivity index (χ1v) is 13.7. The summed E-state index contributed by atoms with van der Waals surface area (Å²) >= 11 is 8.21. The molecule has 0 spiro atoms. The van der Waals surface area contributed by atoms with Crippen molar-refractivity contribution in [1.82, 2.24) is 0 Å². The molecule has 0 amide bonds. The molecule has 0 radical (unpaired) electrons. The van der Waals surface area contributed by atoms with Gasteiger partial charge in [0.05, 0.1) is 0 Å². The van der Waals surface area contributed by atoms with E-state index in [0.717, 1.165) is 6.42 Å². The quantitative estimate of drug-likeness (QED) is 0.461. The molecular weight excluding hydrogens is 417 g/mol. The van der Waals surface area contributed by atoms with Gasteiger partial charge in [0.15, 0.2) is 0 Å². The molecule has 28 heavy (non-hydrogen) atoms. The van der Waals surface area contributed by atoms with Gasteiger partial charge in [0.25, 0.3) is 0 Å². The molecule has 0 bridgehead atoms. The summed E-state index contributed by atoms with van der Waals surface area (Å²) in [6.45, 7) is 0. The molecule has 4 aliphatic rings. The van der Waals surface area contributed by atoms with Crippen LogP contribution in [0, 0.1) is 5.92 Å². The summed E-state index contributed by atoms with van der Waals surface area (Å²) in [4.78, 5) is 0. The van der Waals surface area contributed by atoms with Gasteiger partial charge in [0, 0.05) is 43.0 Å². The maximum atomic E-state index is 2.53. The predicted octanol–water partition coefficient (Wildman–Crippen LogP) is 7.25. The predicted molar refractivity (Wildman–Crippen MR) is 132 cm³/mol. The number of thioether (sulfide) groups is 4. The zero-order chi connectivity index (χ0) is 18.5. The minimum absolute atomic E-state index is 0.487. The summed E-state index contributed by atoms with van der Waals surface area (Å²) in [6, 6.07) is 18.2. The highest BCUT2D eigenvalue weighted by molar-refractivity contribution is 8.25. The Labute approximate surface area is 183 Å². The number of benzene rings is 2. The van der Waals surface area contributed by atoms with E-state index in [1.54, 1.807) is 9.81 Å². The third kappa shape index (κ3) is 2.87. The zero-order valence-corrected chi connectivity index (χ0v) is 18.7. The minimum Gasteiger partial charge on any atom is -0.118 e. The second-order valence-electron chi connectivity index (χ2n) is 7.36. The summed E-state index contributed by atoms with van der Waals surface area (Å²) in [5, 5.41) is 0. The van der Waals surface area contributed by atoms with Crippen molar-refractivity contribution in [2.24, 2.45) is 5.92 Å². The summed E-state index contributed by atoms with van der Waals surface area (Å²) < 4.78 is 3.09. The first-order valence-electron chi connectivity index (χ1n) is 9.79. The summed E-state index contributed by atoms with van der Waals surface area (Å²) in [7, 11) is 0. The molecule has 6 rings (SSSR count). The topological polar surface area (TPSA) is 0 Å². The van der Waals surface area contributed by atoms with Crippen molar-refractivity contribution in [2.75, 3.05) is 23.0 Å². The van der Waals surface area contributed by atoms with Crippen LogP contribution in [0.1, 0.15) is 22.3 Å². The van der Waals surface area contributed by atoms with Gasteiger partial charge in [-0.1, -0.05) is 48.5 Å².